The molecule has 0 amide bonds. The maximum Gasteiger partial charge on any atom is 0.277 e. The van der Waals surface area contributed by atoms with Gasteiger partial charge in [-0.15, -0.1) is 0 Å². The molecule has 0 spiro atoms. The predicted molar refractivity (Wildman–Crippen MR) is 84.2 cm³/mol. The molecule has 2 aromatic rings. The van der Waals surface area contributed by atoms with Crippen molar-refractivity contribution in [2.24, 2.45) is 0 Å². The van der Waals surface area contributed by atoms with Crippen LogP contribution in [-0.4, -0.2) is 27.1 Å². The Labute approximate surface area is 130 Å². The lowest BCUT2D eigenvalue weighted by atomic mass is 10.2. The van der Waals surface area contributed by atoms with Crippen molar-refractivity contribution in [1.29, 1.82) is 0 Å². The third-order valence-electron chi connectivity index (χ3n) is 2.98. The number of rotatable bonds is 8. The van der Waals surface area contributed by atoms with E-state index in [2.05, 4.69) is 14.4 Å². The van der Waals surface area contributed by atoms with Gasteiger partial charge in [0.1, 0.15) is 0 Å². The number of ether oxygens (including phenoxy) is 1. The molecule has 0 bridgehead atoms. The van der Waals surface area contributed by atoms with Crippen LogP contribution in [0.15, 0.2) is 54.7 Å². The van der Waals surface area contributed by atoms with Crippen LogP contribution in [0.3, 0.4) is 0 Å². The van der Waals surface area contributed by atoms with Crippen molar-refractivity contribution in [2.45, 2.75) is 12.6 Å². The summed E-state index contributed by atoms with van der Waals surface area (Å²) >= 11 is 0. The molecule has 1 aromatic heterocycles. The van der Waals surface area contributed by atoms with Crippen LogP contribution in [0.4, 0.5) is 0 Å². The van der Waals surface area contributed by atoms with E-state index in [1.165, 1.54) is 7.11 Å². The number of benzene rings is 1. The Morgan fingerprint density at radius 1 is 1.14 bits per heavy atom. The summed E-state index contributed by atoms with van der Waals surface area (Å²) in [5.41, 5.74) is 1.49. The van der Waals surface area contributed by atoms with Gasteiger partial charge in [0.05, 0.1) is 18.3 Å². The zero-order valence-electron chi connectivity index (χ0n) is 12.3. The van der Waals surface area contributed by atoms with Gasteiger partial charge in [0.15, 0.2) is 0 Å². The van der Waals surface area contributed by atoms with Crippen molar-refractivity contribution in [1.82, 2.24) is 14.4 Å². The van der Waals surface area contributed by atoms with E-state index in [4.69, 9.17) is 4.74 Å². The quantitative estimate of drug-likeness (QED) is 0.770. The highest BCUT2D eigenvalue weighted by molar-refractivity contribution is 7.87. The molecule has 0 aliphatic carbocycles. The largest absolute Gasteiger partial charge is 0.383 e. The van der Waals surface area contributed by atoms with Crippen LogP contribution < -0.4 is 9.44 Å². The van der Waals surface area contributed by atoms with E-state index in [1.807, 2.05) is 30.3 Å². The number of pyridine rings is 1. The topological polar surface area (TPSA) is 80.3 Å². The Morgan fingerprint density at radius 2 is 1.86 bits per heavy atom. The zero-order chi connectivity index (χ0) is 15.8. The Kier molecular flexibility index (Phi) is 6.02. The first-order valence-electron chi connectivity index (χ1n) is 6.81. The fourth-order valence-electron chi connectivity index (χ4n) is 1.93. The minimum atomic E-state index is -3.67. The van der Waals surface area contributed by atoms with Gasteiger partial charge in [-0.25, -0.2) is 0 Å². The zero-order valence-corrected chi connectivity index (χ0v) is 13.1. The third kappa shape index (κ3) is 5.19. The van der Waals surface area contributed by atoms with Gasteiger partial charge in [-0.05, 0) is 17.7 Å². The second-order valence-corrected chi connectivity index (χ2v) is 6.22. The number of methoxy groups -OCH3 is 1. The minimum absolute atomic E-state index is 0.198. The molecule has 118 valence electrons. The lowest BCUT2D eigenvalue weighted by Gasteiger charge is -2.17. The molecule has 1 aromatic carbocycles. The summed E-state index contributed by atoms with van der Waals surface area (Å²) in [6, 6.07) is 14.1. The van der Waals surface area contributed by atoms with Crippen molar-refractivity contribution < 1.29 is 13.2 Å². The molecule has 0 aliphatic heterocycles. The predicted octanol–water partition coefficient (Wildman–Crippen LogP) is 1.39. The highest BCUT2D eigenvalue weighted by Crippen LogP contribution is 2.11. The molecule has 0 unspecified atom stereocenters. The lowest BCUT2D eigenvalue weighted by molar-refractivity contribution is 0.174. The Hall–Kier alpha value is -1.80. The number of nitrogens with one attached hydrogen (secondary N) is 2. The van der Waals surface area contributed by atoms with Gasteiger partial charge in [0.25, 0.3) is 10.2 Å². The number of nitrogens with zero attached hydrogens (tertiary/aromatic N) is 1. The fraction of sp³-hybridized carbons (Fsp3) is 0.267. The van der Waals surface area contributed by atoms with Gasteiger partial charge in [0.2, 0.25) is 0 Å². The second-order valence-electron chi connectivity index (χ2n) is 4.69. The van der Waals surface area contributed by atoms with Crippen LogP contribution in [-0.2, 0) is 21.5 Å². The molecule has 0 saturated heterocycles. The van der Waals surface area contributed by atoms with Crippen LogP contribution in [0.25, 0.3) is 0 Å². The van der Waals surface area contributed by atoms with E-state index in [9.17, 15) is 8.42 Å². The summed E-state index contributed by atoms with van der Waals surface area (Å²) < 4.78 is 34.5. The summed E-state index contributed by atoms with van der Waals surface area (Å²) in [6.07, 6.45) is 1.61. The third-order valence-corrected chi connectivity index (χ3v) is 4.10. The van der Waals surface area contributed by atoms with Crippen molar-refractivity contribution in [3.05, 3.63) is 66.0 Å². The molecule has 1 atom stereocenters. The average Bonchev–Trinajstić information content (AvgIpc) is 2.54. The molecule has 1 heterocycles. The Morgan fingerprint density at radius 3 is 2.50 bits per heavy atom. The minimum Gasteiger partial charge on any atom is -0.383 e. The maximum atomic E-state index is 12.2. The van der Waals surface area contributed by atoms with E-state index < -0.39 is 16.3 Å². The normalized spacial score (nSPS) is 13.0. The van der Waals surface area contributed by atoms with Crippen LogP contribution in [0.2, 0.25) is 0 Å². The molecule has 0 aliphatic rings. The van der Waals surface area contributed by atoms with E-state index >= 15 is 0 Å². The molecule has 2 rings (SSSR count). The van der Waals surface area contributed by atoms with E-state index in [-0.39, 0.29) is 13.2 Å². The summed E-state index contributed by atoms with van der Waals surface area (Å²) in [6.45, 7) is 0.418. The molecule has 22 heavy (non-hydrogen) atoms. The van der Waals surface area contributed by atoms with E-state index in [1.54, 1.807) is 24.4 Å². The first kappa shape index (κ1) is 16.6. The van der Waals surface area contributed by atoms with Crippen molar-refractivity contribution in [3.8, 4) is 0 Å². The van der Waals surface area contributed by atoms with Gasteiger partial charge in [-0.3, -0.25) is 4.98 Å². The standard InChI is InChI=1S/C15H19N3O3S/c1-21-12-15(14-9-5-6-10-16-14)18-22(19,20)17-11-13-7-3-2-4-8-13/h2-10,15,17-18H,11-12H2,1H3/t15-/m1/s1. The highest BCUT2D eigenvalue weighted by Gasteiger charge is 2.20. The summed E-state index contributed by atoms with van der Waals surface area (Å²) in [7, 11) is -2.15. The van der Waals surface area contributed by atoms with Gasteiger partial charge in [-0.1, -0.05) is 36.4 Å². The first-order chi connectivity index (χ1) is 10.6. The van der Waals surface area contributed by atoms with E-state index in [0.29, 0.717) is 5.69 Å². The van der Waals surface area contributed by atoms with Gasteiger partial charge in [-0.2, -0.15) is 17.9 Å². The van der Waals surface area contributed by atoms with Gasteiger partial charge < -0.3 is 4.74 Å². The molecular weight excluding hydrogens is 302 g/mol. The maximum absolute atomic E-state index is 12.2. The Balaban J connectivity index is 2.02. The van der Waals surface area contributed by atoms with Crippen LogP contribution in [0, 0.1) is 0 Å². The van der Waals surface area contributed by atoms with Crippen LogP contribution in [0.5, 0.6) is 0 Å². The monoisotopic (exact) mass is 321 g/mol. The molecule has 7 heteroatoms. The smallest absolute Gasteiger partial charge is 0.277 e. The summed E-state index contributed by atoms with van der Waals surface area (Å²) in [5.74, 6) is 0. The SMILES string of the molecule is COC[C@@H](NS(=O)(=O)NCc1ccccc1)c1ccccn1. The van der Waals surface area contributed by atoms with Gasteiger partial charge in [0, 0.05) is 19.9 Å². The summed E-state index contributed by atoms with van der Waals surface area (Å²) in [4.78, 5) is 4.17. The van der Waals surface area contributed by atoms with Crippen molar-refractivity contribution in [2.75, 3.05) is 13.7 Å². The highest BCUT2D eigenvalue weighted by atomic mass is 32.2. The van der Waals surface area contributed by atoms with Crippen LogP contribution >= 0.6 is 0 Å². The first-order valence-corrected chi connectivity index (χ1v) is 8.30. The molecule has 2 N–H and O–H groups in total. The summed E-state index contributed by atoms with van der Waals surface area (Å²) in [5, 5.41) is 0. The van der Waals surface area contributed by atoms with Crippen molar-refractivity contribution in [3.63, 3.8) is 0 Å². The van der Waals surface area contributed by atoms with Gasteiger partial charge >= 0.3 is 0 Å². The molecular formula is C15H19N3O3S. The number of hydrogen-bond donors (Lipinski definition) is 2. The lowest BCUT2D eigenvalue weighted by Crippen LogP contribution is -2.40. The van der Waals surface area contributed by atoms with Crippen molar-refractivity contribution >= 4 is 10.2 Å². The fourth-order valence-corrected chi connectivity index (χ4v) is 2.94. The molecule has 0 radical (unpaired) electrons. The molecule has 0 fully saturated rings. The van der Waals surface area contributed by atoms with Crippen LogP contribution in [0.1, 0.15) is 17.3 Å². The number of hydrogen-bond acceptors (Lipinski definition) is 4. The molecule has 6 nitrogen and oxygen atoms in total. The molecule has 0 saturated carbocycles. The Bertz CT molecular complexity index is 663. The van der Waals surface area contributed by atoms with E-state index in [0.717, 1.165) is 5.56 Å². The number of aromatic nitrogens is 1. The average molecular weight is 321 g/mol. The second kappa shape index (κ2) is 8.00.